The van der Waals surface area contributed by atoms with E-state index >= 15 is 0 Å². The molecule has 1 heterocycles. The number of urea groups is 1. The fourth-order valence-electron chi connectivity index (χ4n) is 3.49. The first-order valence-electron chi connectivity index (χ1n) is 9.98. The fraction of sp³-hybridized carbons (Fsp3) is 0.348. The number of rotatable bonds is 8. The average molecular weight is 425 g/mol. The maximum Gasteiger partial charge on any atom is 0.322 e. The van der Waals surface area contributed by atoms with Gasteiger partial charge in [-0.25, -0.2) is 4.79 Å². The summed E-state index contributed by atoms with van der Waals surface area (Å²) in [5.74, 6) is 0.625. The topological polar surface area (TPSA) is 106 Å². The highest BCUT2D eigenvalue weighted by molar-refractivity contribution is 6.08. The molecule has 4 amide bonds. The molecule has 164 valence electrons. The second kappa shape index (κ2) is 9.07. The first-order valence-corrected chi connectivity index (χ1v) is 9.98. The minimum absolute atomic E-state index is 0.0724. The van der Waals surface area contributed by atoms with Crippen LogP contribution >= 0.6 is 0 Å². The molecule has 0 bridgehead atoms. The first kappa shape index (κ1) is 22.1. The molecular weight excluding hydrogens is 398 g/mol. The molecule has 1 aliphatic heterocycles. The third-order valence-corrected chi connectivity index (χ3v) is 5.43. The van der Waals surface area contributed by atoms with Crippen LogP contribution in [0.3, 0.4) is 0 Å². The highest BCUT2D eigenvalue weighted by atomic mass is 16.5. The molecule has 0 aliphatic carbocycles. The predicted octanol–water partition coefficient (Wildman–Crippen LogP) is 2.58. The van der Waals surface area contributed by atoms with Gasteiger partial charge in [0.2, 0.25) is 5.91 Å². The Labute approximate surface area is 181 Å². The number of imide groups is 1. The van der Waals surface area contributed by atoms with E-state index in [0.717, 1.165) is 16.7 Å². The molecule has 0 saturated carbocycles. The fourth-order valence-corrected chi connectivity index (χ4v) is 3.49. The predicted molar refractivity (Wildman–Crippen MR) is 116 cm³/mol. The van der Waals surface area contributed by atoms with Crippen LogP contribution in [0.2, 0.25) is 0 Å². The summed E-state index contributed by atoms with van der Waals surface area (Å²) >= 11 is 0. The van der Waals surface area contributed by atoms with Crippen molar-refractivity contribution in [3.63, 3.8) is 0 Å². The molecule has 2 atom stereocenters. The Bertz CT molecular complexity index is 989. The van der Waals surface area contributed by atoms with Crippen molar-refractivity contribution in [2.24, 2.45) is 0 Å². The van der Waals surface area contributed by atoms with Gasteiger partial charge in [-0.3, -0.25) is 14.9 Å². The van der Waals surface area contributed by atoms with Crippen molar-refractivity contribution >= 4 is 17.8 Å². The molecule has 8 nitrogen and oxygen atoms in total. The number of ether oxygens (including phenoxy) is 2. The van der Waals surface area contributed by atoms with Crippen molar-refractivity contribution in [1.82, 2.24) is 16.0 Å². The highest BCUT2D eigenvalue weighted by Gasteiger charge is 2.43. The Kier molecular flexibility index (Phi) is 6.48. The number of carbonyl (C=O) groups excluding carboxylic acids is 3. The molecule has 8 heteroatoms. The zero-order valence-corrected chi connectivity index (χ0v) is 18.1. The second-order valence-electron chi connectivity index (χ2n) is 7.81. The van der Waals surface area contributed by atoms with Crippen LogP contribution in [0.25, 0.3) is 11.1 Å². The summed E-state index contributed by atoms with van der Waals surface area (Å²) in [5, 5.41) is 7.48. The number of carbonyl (C=O) groups is 3. The standard InChI is InChI=1S/C23H27N3O5/c1-14(13-24-20(27)12-23(2)21(28)25-22(29)26-23)15-5-7-16(8-6-15)17-9-10-18(30-3)19(11-17)31-4/h5-11,14H,12-13H2,1-4H3,(H,24,27)(H2,25,26,28,29). The van der Waals surface area contributed by atoms with Crippen molar-refractivity contribution in [3.05, 3.63) is 48.0 Å². The molecule has 0 spiro atoms. The van der Waals surface area contributed by atoms with E-state index in [4.69, 9.17) is 9.47 Å². The zero-order valence-electron chi connectivity index (χ0n) is 18.1. The molecule has 3 rings (SSSR count). The summed E-state index contributed by atoms with van der Waals surface area (Å²) in [6, 6.07) is 13.3. The SMILES string of the molecule is COc1ccc(-c2ccc(C(C)CNC(=O)CC3(C)NC(=O)NC3=O)cc2)cc1OC. The quantitative estimate of drug-likeness (QED) is 0.564. The summed E-state index contributed by atoms with van der Waals surface area (Å²) < 4.78 is 10.6. The van der Waals surface area contributed by atoms with E-state index in [-0.39, 0.29) is 18.2 Å². The zero-order chi connectivity index (χ0) is 22.6. The van der Waals surface area contributed by atoms with Gasteiger partial charge in [-0.1, -0.05) is 37.3 Å². The van der Waals surface area contributed by atoms with E-state index in [1.54, 1.807) is 14.2 Å². The van der Waals surface area contributed by atoms with E-state index in [0.29, 0.717) is 18.0 Å². The minimum Gasteiger partial charge on any atom is -0.493 e. The van der Waals surface area contributed by atoms with Crippen molar-refractivity contribution < 1.29 is 23.9 Å². The van der Waals surface area contributed by atoms with Gasteiger partial charge in [-0.2, -0.15) is 0 Å². The second-order valence-corrected chi connectivity index (χ2v) is 7.81. The van der Waals surface area contributed by atoms with Gasteiger partial charge >= 0.3 is 6.03 Å². The van der Waals surface area contributed by atoms with Crippen molar-refractivity contribution in [2.75, 3.05) is 20.8 Å². The number of amides is 4. The molecule has 31 heavy (non-hydrogen) atoms. The molecule has 3 N–H and O–H groups in total. The number of nitrogens with one attached hydrogen (secondary N) is 3. The van der Waals surface area contributed by atoms with Crippen molar-refractivity contribution in [1.29, 1.82) is 0 Å². The minimum atomic E-state index is -1.22. The van der Waals surface area contributed by atoms with Crippen molar-refractivity contribution in [3.8, 4) is 22.6 Å². The van der Waals surface area contributed by atoms with Gasteiger partial charge in [0, 0.05) is 6.54 Å². The molecule has 2 aromatic carbocycles. The van der Waals surface area contributed by atoms with Gasteiger partial charge in [-0.15, -0.1) is 0 Å². The average Bonchev–Trinajstić information content (AvgIpc) is 3.02. The van der Waals surface area contributed by atoms with Crippen LogP contribution in [-0.4, -0.2) is 44.1 Å². The molecule has 1 aliphatic rings. The van der Waals surface area contributed by atoms with Gasteiger partial charge in [-0.05, 0) is 41.7 Å². The maximum absolute atomic E-state index is 12.3. The lowest BCUT2D eigenvalue weighted by Gasteiger charge is -2.20. The molecule has 0 radical (unpaired) electrons. The van der Waals surface area contributed by atoms with E-state index < -0.39 is 17.5 Å². The van der Waals surface area contributed by atoms with E-state index in [1.165, 1.54) is 6.92 Å². The van der Waals surface area contributed by atoms with Crippen molar-refractivity contribution in [2.45, 2.75) is 31.7 Å². The molecule has 2 unspecified atom stereocenters. The van der Waals surface area contributed by atoms with E-state index in [2.05, 4.69) is 16.0 Å². The van der Waals surface area contributed by atoms with Crippen LogP contribution in [0.15, 0.2) is 42.5 Å². The Balaban J connectivity index is 1.59. The Morgan fingerprint density at radius 2 is 1.68 bits per heavy atom. The largest absolute Gasteiger partial charge is 0.493 e. The molecular formula is C23H27N3O5. The third kappa shape index (κ3) is 4.96. The lowest BCUT2D eigenvalue weighted by Crippen LogP contribution is -2.47. The highest BCUT2D eigenvalue weighted by Crippen LogP contribution is 2.32. The summed E-state index contributed by atoms with van der Waals surface area (Å²) in [5.41, 5.74) is 1.90. The maximum atomic E-state index is 12.3. The van der Waals surface area contributed by atoms with Crippen LogP contribution in [0, 0.1) is 0 Å². The number of methoxy groups -OCH3 is 2. The molecule has 0 aromatic heterocycles. The Morgan fingerprint density at radius 3 is 2.26 bits per heavy atom. The van der Waals surface area contributed by atoms with E-state index in [9.17, 15) is 14.4 Å². The molecule has 1 fully saturated rings. The summed E-state index contributed by atoms with van der Waals surface area (Å²) in [4.78, 5) is 35.4. The molecule has 2 aromatic rings. The smallest absolute Gasteiger partial charge is 0.322 e. The van der Waals surface area contributed by atoms with Crippen LogP contribution in [0.4, 0.5) is 4.79 Å². The van der Waals surface area contributed by atoms with Gasteiger partial charge in [0.05, 0.1) is 20.6 Å². The van der Waals surface area contributed by atoms with Crippen LogP contribution < -0.4 is 25.4 Å². The van der Waals surface area contributed by atoms with Gasteiger partial charge in [0.25, 0.3) is 5.91 Å². The Hall–Kier alpha value is -3.55. The lowest BCUT2D eigenvalue weighted by molar-refractivity contribution is -0.129. The lowest BCUT2D eigenvalue weighted by atomic mass is 9.96. The number of benzene rings is 2. The van der Waals surface area contributed by atoms with Crippen LogP contribution in [-0.2, 0) is 9.59 Å². The number of hydrogen-bond donors (Lipinski definition) is 3. The number of hydrogen-bond acceptors (Lipinski definition) is 5. The van der Waals surface area contributed by atoms with Gasteiger partial charge in [0.1, 0.15) is 5.54 Å². The monoisotopic (exact) mass is 425 g/mol. The normalized spacial score (nSPS) is 18.7. The van der Waals surface area contributed by atoms with Crippen LogP contribution in [0.5, 0.6) is 11.5 Å². The first-order chi connectivity index (χ1) is 14.8. The summed E-state index contributed by atoms with van der Waals surface area (Å²) in [6.45, 7) is 3.96. The summed E-state index contributed by atoms with van der Waals surface area (Å²) in [7, 11) is 3.21. The van der Waals surface area contributed by atoms with Crippen LogP contribution in [0.1, 0.15) is 31.7 Å². The third-order valence-electron chi connectivity index (χ3n) is 5.43. The molecule has 1 saturated heterocycles. The van der Waals surface area contributed by atoms with E-state index in [1.807, 2.05) is 49.4 Å². The summed E-state index contributed by atoms with van der Waals surface area (Å²) in [6.07, 6.45) is -0.116. The van der Waals surface area contributed by atoms with Gasteiger partial charge in [0.15, 0.2) is 11.5 Å². The van der Waals surface area contributed by atoms with Gasteiger partial charge < -0.3 is 20.1 Å². The Morgan fingerprint density at radius 1 is 1.03 bits per heavy atom.